The van der Waals surface area contributed by atoms with Gasteiger partial charge in [-0.2, -0.15) is 0 Å². The molecule has 0 N–H and O–H groups in total. The topological polar surface area (TPSA) is 26.3 Å². The van der Waals surface area contributed by atoms with Crippen molar-refractivity contribution in [3.05, 3.63) is 33.5 Å². The van der Waals surface area contributed by atoms with Crippen molar-refractivity contribution in [1.82, 2.24) is 0 Å². The molecule has 0 aliphatic heterocycles. The number of carbonyl (C=O) groups is 1. The van der Waals surface area contributed by atoms with Crippen LogP contribution in [0.3, 0.4) is 0 Å². The number of hydrogen-bond donors (Lipinski definition) is 0. The Morgan fingerprint density at radius 1 is 1.47 bits per heavy atom. The number of ether oxygens (including phenoxy) is 1. The van der Waals surface area contributed by atoms with Gasteiger partial charge in [-0.05, 0) is 28.1 Å². The average Bonchev–Trinajstić information content (AvgIpc) is 2.19. The van der Waals surface area contributed by atoms with E-state index in [1.807, 2.05) is 0 Å². The summed E-state index contributed by atoms with van der Waals surface area (Å²) >= 11 is 2.89. The van der Waals surface area contributed by atoms with Gasteiger partial charge in [-0.3, -0.25) is 0 Å². The molecule has 0 aromatic heterocycles. The molecule has 0 amide bonds. The third-order valence-electron chi connectivity index (χ3n) is 1.75. The zero-order chi connectivity index (χ0) is 11.6. The van der Waals surface area contributed by atoms with Crippen LogP contribution in [0.2, 0.25) is 0 Å². The summed E-state index contributed by atoms with van der Waals surface area (Å²) < 4.78 is 42.4. The van der Waals surface area contributed by atoms with Crippen molar-refractivity contribution >= 4 is 21.9 Å². The van der Waals surface area contributed by atoms with E-state index in [1.54, 1.807) is 0 Å². The van der Waals surface area contributed by atoms with Gasteiger partial charge in [-0.25, -0.2) is 18.0 Å². The number of rotatable bonds is 2. The predicted molar refractivity (Wildman–Crippen MR) is 50.4 cm³/mol. The minimum absolute atomic E-state index is 0.0750. The molecule has 0 aliphatic carbocycles. The number of halogens is 4. The Bertz CT molecular complexity index is 393. The summed E-state index contributed by atoms with van der Waals surface area (Å²) in [5.41, 5.74) is -1.43. The molecule has 1 rings (SSSR count). The maximum Gasteiger partial charge on any atom is 0.339 e. The van der Waals surface area contributed by atoms with Gasteiger partial charge in [-0.1, -0.05) is 0 Å². The van der Waals surface area contributed by atoms with Gasteiger partial charge in [0, 0.05) is 4.47 Å². The molecule has 0 radical (unpaired) electrons. The molecule has 0 bridgehead atoms. The van der Waals surface area contributed by atoms with Crippen LogP contribution in [0.1, 0.15) is 22.3 Å². The van der Waals surface area contributed by atoms with Crippen LogP contribution >= 0.6 is 15.9 Å². The second-order valence-electron chi connectivity index (χ2n) is 2.61. The summed E-state index contributed by atoms with van der Waals surface area (Å²) in [5.74, 6) is -2.13. The van der Waals surface area contributed by atoms with E-state index in [1.165, 1.54) is 6.07 Å². The maximum atomic E-state index is 13.1. The zero-order valence-electron chi connectivity index (χ0n) is 7.56. The summed E-state index contributed by atoms with van der Waals surface area (Å²) in [6.45, 7) is 0. The van der Waals surface area contributed by atoms with E-state index in [2.05, 4.69) is 20.7 Å². The molecule has 0 saturated carbocycles. The number of alkyl halides is 2. The molecule has 0 atom stereocenters. The van der Waals surface area contributed by atoms with Crippen LogP contribution in [0.5, 0.6) is 0 Å². The highest BCUT2D eigenvalue weighted by Crippen LogP contribution is 2.31. The molecule has 0 aliphatic rings. The lowest BCUT2D eigenvalue weighted by Gasteiger charge is -2.09. The summed E-state index contributed by atoms with van der Waals surface area (Å²) in [7, 11) is 1.04. The van der Waals surface area contributed by atoms with Gasteiger partial charge in [0.1, 0.15) is 5.82 Å². The Labute approximate surface area is 92.2 Å². The van der Waals surface area contributed by atoms with Crippen molar-refractivity contribution in [2.45, 2.75) is 6.43 Å². The fourth-order valence-electron chi connectivity index (χ4n) is 1.09. The molecular weight excluding hydrogens is 277 g/mol. The van der Waals surface area contributed by atoms with Crippen LogP contribution in [0.25, 0.3) is 0 Å². The van der Waals surface area contributed by atoms with Crippen LogP contribution in [0.15, 0.2) is 16.6 Å². The molecule has 1 aromatic rings. The molecule has 0 heterocycles. The third-order valence-corrected chi connectivity index (χ3v) is 2.41. The first-order chi connectivity index (χ1) is 6.99. The Hall–Kier alpha value is -1.04. The molecule has 0 saturated heterocycles. The summed E-state index contributed by atoms with van der Waals surface area (Å²) in [4.78, 5) is 11.2. The molecule has 15 heavy (non-hydrogen) atoms. The smallest absolute Gasteiger partial charge is 0.339 e. The van der Waals surface area contributed by atoms with Gasteiger partial charge in [0.05, 0.1) is 18.2 Å². The second-order valence-corrected chi connectivity index (χ2v) is 3.46. The first-order valence-corrected chi connectivity index (χ1v) is 4.62. The Morgan fingerprint density at radius 2 is 2.07 bits per heavy atom. The SMILES string of the molecule is COC(=O)c1c(Br)ccc(F)c1C(F)F. The highest BCUT2D eigenvalue weighted by atomic mass is 79.9. The second kappa shape index (κ2) is 4.65. The molecule has 0 spiro atoms. The molecule has 1 aromatic carbocycles. The lowest BCUT2D eigenvalue weighted by Crippen LogP contribution is -2.09. The van der Waals surface area contributed by atoms with E-state index >= 15 is 0 Å². The fraction of sp³-hybridized carbons (Fsp3) is 0.222. The third kappa shape index (κ3) is 2.31. The van der Waals surface area contributed by atoms with Gasteiger partial charge in [-0.15, -0.1) is 0 Å². The standard InChI is InChI=1S/C9H6BrF3O2/c1-15-9(14)6-4(10)2-3-5(11)7(6)8(12)13/h2-3,8H,1H3. The summed E-state index contributed by atoms with van der Waals surface area (Å²) in [6.07, 6.45) is -3.07. The van der Waals surface area contributed by atoms with E-state index in [4.69, 9.17) is 0 Å². The van der Waals surface area contributed by atoms with Crippen molar-refractivity contribution in [3.63, 3.8) is 0 Å². The van der Waals surface area contributed by atoms with Crippen LogP contribution < -0.4 is 0 Å². The first kappa shape index (κ1) is 12.0. The van der Waals surface area contributed by atoms with E-state index in [0.717, 1.165) is 13.2 Å². The zero-order valence-corrected chi connectivity index (χ0v) is 9.15. The van der Waals surface area contributed by atoms with E-state index in [9.17, 15) is 18.0 Å². The Morgan fingerprint density at radius 3 is 2.53 bits per heavy atom. The molecule has 6 heteroatoms. The number of esters is 1. The molecule has 82 valence electrons. The lowest BCUT2D eigenvalue weighted by atomic mass is 10.1. The lowest BCUT2D eigenvalue weighted by molar-refractivity contribution is 0.0586. The molecule has 2 nitrogen and oxygen atoms in total. The fourth-order valence-corrected chi connectivity index (χ4v) is 1.60. The number of benzene rings is 1. The van der Waals surface area contributed by atoms with Crippen molar-refractivity contribution in [3.8, 4) is 0 Å². The monoisotopic (exact) mass is 282 g/mol. The van der Waals surface area contributed by atoms with Crippen molar-refractivity contribution in [2.75, 3.05) is 7.11 Å². The number of methoxy groups -OCH3 is 1. The van der Waals surface area contributed by atoms with Crippen molar-refractivity contribution < 1.29 is 22.7 Å². The molecule has 0 fully saturated rings. The molecular formula is C9H6BrF3O2. The van der Waals surface area contributed by atoms with Gasteiger partial charge in [0.25, 0.3) is 6.43 Å². The minimum atomic E-state index is -3.07. The summed E-state index contributed by atoms with van der Waals surface area (Å²) in [6, 6.07) is 2.03. The van der Waals surface area contributed by atoms with Crippen LogP contribution in [-0.2, 0) is 4.74 Å². The molecule has 0 unspecified atom stereocenters. The highest BCUT2D eigenvalue weighted by Gasteiger charge is 2.25. The largest absolute Gasteiger partial charge is 0.465 e. The van der Waals surface area contributed by atoms with Crippen molar-refractivity contribution in [1.29, 1.82) is 0 Å². The van der Waals surface area contributed by atoms with Crippen LogP contribution in [-0.4, -0.2) is 13.1 Å². The quantitative estimate of drug-likeness (QED) is 0.778. The highest BCUT2D eigenvalue weighted by molar-refractivity contribution is 9.10. The minimum Gasteiger partial charge on any atom is -0.465 e. The Balaban J connectivity index is 3.45. The van der Waals surface area contributed by atoms with Crippen molar-refractivity contribution in [2.24, 2.45) is 0 Å². The number of hydrogen-bond acceptors (Lipinski definition) is 2. The van der Waals surface area contributed by atoms with E-state index in [0.29, 0.717) is 0 Å². The predicted octanol–water partition coefficient (Wildman–Crippen LogP) is 3.31. The van der Waals surface area contributed by atoms with E-state index in [-0.39, 0.29) is 4.47 Å². The average molecular weight is 283 g/mol. The van der Waals surface area contributed by atoms with Gasteiger partial charge < -0.3 is 4.74 Å². The van der Waals surface area contributed by atoms with Gasteiger partial charge in [0.2, 0.25) is 0 Å². The Kier molecular flexibility index (Phi) is 3.73. The summed E-state index contributed by atoms with van der Waals surface area (Å²) in [5, 5.41) is 0. The van der Waals surface area contributed by atoms with Crippen LogP contribution in [0, 0.1) is 5.82 Å². The number of carbonyl (C=O) groups excluding carboxylic acids is 1. The first-order valence-electron chi connectivity index (χ1n) is 3.83. The van der Waals surface area contributed by atoms with Gasteiger partial charge in [0.15, 0.2) is 0 Å². The van der Waals surface area contributed by atoms with Crippen LogP contribution in [0.4, 0.5) is 13.2 Å². The maximum absolute atomic E-state index is 13.1. The van der Waals surface area contributed by atoms with E-state index < -0.39 is 29.3 Å². The normalized spacial score (nSPS) is 10.5. The van der Waals surface area contributed by atoms with Gasteiger partial charge >= 0.3 is 5.97 Å².